The van der Waals surface area contributed by atoms with E-state index in [4.69, 9.17) is 9.47 Å². The van der Waals surface area contributed by atoms with Crippen LogP contribution in [0.2, 0.25) is 0 Å². The Labute approximate surface area is 221 Å². The molecule has 0 aliphatic carbocycles. The summed E-state index contributed by atoms with van der Waals surface area (Å²) in [5, 5.41) is 0. The third-order valence-corrected chi connectivity index (χ3v) is 6.84. The van der Waals surface area contributed by atoms with E-state index in [0.717, 1.165) is 29.7 Å². The number of rotatable bonds is 20. The van der Waals surface area contributed by atoms with Crippen LogP contribution in [0.25, 0.3) is 11.1 Å². The number of carbonyl (C=O) groups excluding carboxylic acids is 1. The van der Waals surface area contributed by atoms with E-state index >= 15 is 0 Å². The van der Waals surface area contributed by atoms with Gasteiger partial charge >= 0.3 is 5.97 Å². The van der Waals surface area contributed by atoms with E-state index in [9.17, 15) is 4.79 Å². The Balaban J connectivity index is 1.94. The molecule has 0 amide bonds. The lowest BCUT2D eigenvalue weighted by Gasteiger charge is -2.13. The van der Waals surface area contributed by atoms with Crippen molar-refractivity contribution in [1.29, 1.82) is 0 Å². The monoisotopic (exact) mass is 494 g/mol. The summed E-state index contributed by atoms with van der Waals surface area (Å²) in [6.07, 6.45) is 19.2. The summed E-state index contributed by atoms with van der Waals surface area (Å²) >= 11 is 0. The molecule has 0 bridgehead atoms. The molecule has 2 rings (SSSR count). The van der Waals surface area contributed by atoms with Gasteiger partial charge in [-0.3, -0.25) is 0 Å². The minimum Gasteiger partial charge on any atom is -0.494 e. The summed E-state index contributed by atoms with van der Waals surface area (Å²) in [7, 11) is 0. The Morgan fingerprint density at radius 3 is 1.86 bits per heavy atom. The molecule has 0 unspecified atom stereocenters. The van der Waals surface area contributed by atoms with Gasteiger partial charge in [0.15, 0.2) is 0 Å². The quantitative estimate of drug-likeness (QED) is 0.136. The van der Waals surface area contributed by atoms with E-state index in [1.54, 1.807) is 0 Å². The maximum atomic E-state index is 12.6. The van der Waals surface area contributed by atoms with Crippen LogP contribution in [0.5, 0.6) is 5.75 Å². The van der Waals surface area contributed by atoms with E-state index in [-0.39, 0.29) is 5.97 Å². The van der Waals surface area contributed by atoms with Crippen LogP contribution in [0.3, 0.4) is 0 Å². The summed E-state index contributed by atoms with van der Waals surface area (Å²) in [6.45, 7) is 7.44. The zero-order valence-electron chi connectivity index (χ0n) is 23.3. The third kappa shape index (κ3) is 11.6. The van der Waals surface area contributed by atoms with Gasteiger partial charge in [-0.05, 0) is 61.1 Å². The molecule has 2 aromatic rings. The lowest BCUT2D eigenvalue weighted by atomic mass is 9.97. The second kappa shape index (κ2) is 18.9. The molecule has 0 spiro atoms. The predicted octanol–water partition coefficient (Wildman–Crippen LogP) is 9.95. The second-order valence-electron chi connectivity index (χ2n) is 9.97. The minimum atomic E-state index is -0.279. The van der Waals surface area contributed by atoms with Crippen LogP contribution in [-0.2, 0) is 11.2 Å². The maximum Gasteiger partial charge on any atom is 0.338 e. The van der Waals surface area contributed by atoms with Gasteiger partial charge in [0, 0.05) is 0 Å². The SMILES string of the molecule is CCCCCCCCCCOc1ccc(C(=O)OCC)c(-c2ccc(CCCCCCCC)cc2)c1. The van der Waals surface area contributed by atoms with Gasteiger partial charge in [-0.1, -0.05) is 115 Å². The molecule has 36 heavy (non-hydrogen) atoms. The largest absolute Gasteiger partial charge is 0.494 e. The molecule has 0 fully saturated rings. The molecular formula is C33H50O3. The molecule has 3 heteroatoms. The van der Waals surface area contributed by atoms with E-state index in [1.165, 1.54) is 89.0 Å². The van der Waals surface area contributed by atoms with Crippen LogP contribution in [-0.4, -0.2) is 19.2 Å². The van der Waals surface area contributed by atoms with Crippen molar-refractivity contribution in [1.82, 2.24) is 0 Å². The van der Waals surface area contributed by atoms with Gasteiger partial charge < -0.3 is 9.47 Å². The van der Waals surface area contributed by atoms with Crippen molar-refractivity contribution in [3.63, 3.8) is 0 Å². The Morgan fingerprint density at radius 2 is 1.25 bits per heavy atom. The van der Waals surface area contributed by atoms with E-state index in [2.05, 4.69) is 38.1 Å². The van der Waals surface area contributed by atoms with Crippen molar-refractivity contribution in [2.45, 2.75) is 117 Å². The predicted molar refractivity (Wildman–Crippen MR) is 153 cm³/mol. The summed E-state index contributed by atoms with van der Waals surface area (Å²) in [4.78, 5) is 12.6. The normalized spacial score (nSPS) is 11.0. The van der Waals surface area contributed by atoms with Crippen molar-refractivity contribution in [3.05, 3.63) is 53.6 Å². The Morgan fingerprint density at radius 1 is 0.667 bits per heavy atom. The Hall–Kier alpha value is -2.29. The Kier molecular flexibility index (Phi) is 15.7. The fourth-order valence-corrected chi connectivity index (χ4v) is 4.63. The first-order valence-corrected chi connectivity index (χ1v) is 14.7. The number of ether oxygens (including phenoxy) is 2. The molecule has 0 aliphatic heterocycles. The third-order valence-electron chi connectivity index (χ3n) is 6.84. The fourth-order valence-electron chi connectivity index (χ4n) is 4.63. The van der Waals surface area contributed by atoms with Crippen LogP contribution >= 0.6 is 0 Å². The zero-order valence-corrected chi connectivity index (χ0v) is 23.3. The number of benzene rings is 2. The van der Waals surface area contributed by atoms with Crippen LogP contribution in [0.15, 0.2) is 42.5 Å². The lowest BCUT2D eigenvalue weighted by molar-refractivity contribution is 0.0527. The second-order valence-corrected chi connectivity index (χ2v) is 9.97. The van der Waals surface area contributed by atoms with E-state index < -0.39 is 0 Å². The number of carbonyl (C=O) groups is 1. The van der Waals surface area contributed by atoms with Gasteiger partial charge in [-0.2, -0.15) is 0 Å². The molecule has 0 heterocycles. The number of aryl methyl sites for hydroxylation is 1. The molecule has 0 radical (unpaired) electrons. The van der Waals surface area contributed by atoms with Gasteiger partial charge in [-0.15, -0.1) is 0 Å². The highest BCUT2D eigenvalue weighted by atomic mass is 16.5. The highest BCUT2D eigenvalue weighted by Crippen LogP contribution is 2.30. The topological polar surface area (TPSA) is 35.5 Å². The number of hydrogen-bond donors (Lipinski definition) is 0. The first-order valence-electron chi connectivity index (χ1n) is 14.7. The summed E-state index contributed by atoms with van der Waals surface area (Å²) in [5.41, 5.74) is 3.87. The van der Waals surface area contributed by atoms with Gasteiger partial charge in [0.2, 0.25) is 0 Å². The first-order chi connectivity index (χ1) is 17.7. The number of unbranched alkanes of at least 4 members (excludes halogenated alkanes) is 12. The number of hydrogen-bond acceptors (Lipinski definition) is 3. The molecule has 2 aromatic carbocycles. The van der Waals surface area contributed by atoms with Crippen LogP contribution in [0.4, 0.5) is 0 Å². The van der Waals surface area contributed by atoms with Crippen LogP contribution in [0, 0.1) is 0 Å². The average molecular weight is 495 g/mol. The summed E-state index contributed by atoms with van der Waals surface area (Å²) in [6, 6.07) is 14.4. The lowest BCUT2D eigenvalue weighted by Crippen LogP contribution is -2.07. The first kappa shape index (κ1) is 29.9. The van der Waals surface area contributed by atoms with E-state index in [0.29, 0.717) is 18.8 Å². The Bertz CT molecular complexity index is 841. The van der Waals surface area contributed by atoms with Crippen molar-refractivity contribution in [3.8, 4) is 16.9 Å². The summed E-state index contributed by atoms with van der Waals surface area (Å²) in [5.74, 6) is 0.537. The molecule has 0 saturated carbocycles. The van der Waals surface area contributed by atoms with Crippen molar-refractivity contribution in [2.75, 3.05) is 13.2 Å². The molecule has 3 nitrogen and oxygen atoms in total. The van der Waals surface area contributed by atoms with Gasteiger partial charge in [0.05, 0.1) is 18.8 Å². The van der Waals surface area contributed by atoms with Gasteiger partial charge in [-0.25, -0.2) is 4.79 Å². The molecule has 200 valence electrons. The van der Waals surface area contributed by atoms with Gasteiger partial charge in [0.25, 0.3) is 0 Å². The highest BCUT2D eigenvalue weighted by Gasteiger charge is 2.15. The van der Waals surface area contributed by atoms with Crippen molar-refractivity contribution in [2.24, 2.45) is 0 Å². The molecule has 0 N–H and O–H groups in total. The minimum absolute atomic E-state index is 0.279. The van der Waals surface area contributed by atoms with Crippen LogP contribution in [0.1, 0.15) is 127 Å². The average Bonchev–Trinajstić information content (AvgIpc) is 2.90. The standard InChI is InChI=1S/C33H50O3/c1-4-7-9-11-13-14-16-18-26-36-30-24-25-31(33(34)35-6-3)32(27-30)29-22-20-28(21-23-29)19-17-15-12-10-8-5-2/h20-25,27H,4-19,26H2,1-3H3. The number of esters is 1. The van der Waals surface area contributed by atoms with Crippen molar-refractivity contribution >= 4 is 5.97 Å². The highest BCUT2D eigenvalue weighted by molar-refractivity contribution is 5.97. The molecule has 0 atom stereocenters. The molecule has 0 aliphatic rings. The van der Waals surface area contributed by atoms with Crippen LogP contribution < -0.4 is 4.74 Å². The zero-order chi connectivity index (χ0) is 25.8. The fraction of sp³-hybridized carbons (Fsp3) is 0.606. The smallest absolute Gasteiger partial charge is 0.338 e. The molecular weight excluding hydrogens is 444 g/mol. The molecule has 0 aromatic heterocycles. The molecule has 0 saturated heterocycles. The van der Waals surface area contributed by atoms with Gasteiger partial charge in [0.1, 0.15) is 5.75 Å². The van der Waals surface area contributed by atoms with Crippen molar-refractivity contribution < 1.29 is 14.3 Å². The maximum absolute atomic E-state index is 12.6. The summed E-state index contributed by atoms with van der Waals surface area (Å²) < 4.78 is 11.4. The van der Waals surface area contributed by atoms with E-state index in [1.807, 2.05) is 25.1 Å².